The van der Waals surface area contributed by atoms with Crippen LogP contribution >= 0.6 is 0 Å². The first kappa shape index (κ1) is 17.7. The van der Waals surface area contributed by atoms with Gasteiger partial charge in [-0.25, -0.2) is 0 Å². The van der Waals surface area contributed by atoms with Crippen LogP contribution in [0.25, 0.3) is 0 Å². The van der Waals surface area contributed by atoms with Crippen LogP contribution in [0.1, 0.15) is 45.4 Å². The highest BCUT2D eigenvalue weighted by Crippen LogP contribution is 2.18. The number of rotatable bonds is 6. The van der Waals surface area contributed by atoms with Crippen molar-refractivity contribution in [2.45, 2.75) is 57.6 Å². The van der Waals surface area contributed by atoms with Crippen LogP contribution in [0.2, 0.25) is 0 Å². The summed E-state index contributed by atoms with van der Waals surface area (Å²) in [6, 6.07) is 0.0678. The Kier molecular flexibility index (Phi) is 6.83. The zero-order valence-electron chi connectivity index (χ0n) is 13.7. The van der Waals surface area contributed by atoms with Gasteiger partial charge in [0.2, 0.25) is 5.91 Å². The van der Waals surface area contributed by atoms with Crippen LogP contribution in [0.15, 0.2) is 0 Å². The molecule has 23 heavy (non-hydrogen) atoms. The maximum atomic E-state index is 12.2. The van der Waals surface area contributed by atoms with E-state index in [1.807, 2.05) is 4.90 Å². The third-order valence-electron chi connectivity index (χ3n) is 4.24. The molecule has 0 saturated carbocycles. The van der Waals surface area contributed by atoms with Crippen molar-refractivity contribution >= 4 is 17.8 Å². The molecule has 0 bridgehead atoms. The number of esters is 1. The van der Waals surface area contributed by atoms with E-state index in [0.29, 0.717) is 26.3 Å². The minimum atomic E-state index is -0.348. The monoisotopic (exact) mass is 326 g/mol. The Balaban J connectivity index is 1.65. The fraction of sp³-hybridized carbons (Fsp3) is 0.812. The van der Waals surface area contributed by atoms with Crippen molar-refractivity contribution in [1.82, 2.24) is 10.2 Å². The molecule has 2 fully saturated rings. The minimum Gasteiger partial charge on any atom is -0.466 e. The summed E-state index contributed by atoms with van der Waals surface area (Å²) in [6.07, 6.45) is 3.22. The molecular weight excluding hydrogens is 300 g/mol. The molecule has 2 aliphatic heterocycles. The Labute approximate surface area is 136 Å². The molecule has 0 aromatic carbocycles. The average molecular weight is 326 g/mol. The number of carbonyl (C=O) groups excluding carboxylic acids is 3. The molecule has 1 atom stereocenters. The molecule has 130 valence electrons. The molecule has 0 aromatic heterocycles. The minimum absolute atomic E-state index is 0.0678. The molecule has 0 radical (unpaired) electrons. The Morgan fingerprint density at radius 1 is 1.17 bits per heavy atom. The molecule has 0 aliphatic carbocycles. The predicted octanol–water partition coefficient (Wildman–Crippen LogP) is 0.616. The summed E-state index contributed by atoms with van der Waals surface area (Å²) in [4.78, 5) is 37.1. The van der Waals surface area contributed by atoms with Crippen LogP contribution in [0.5, 0.6) is 0 Å². The van der Waals surface area contributed by atoms with E-state index < -0.39 is 0 Å². The topological polar surface area (TPSA) is 84.9 Å². The van der Waals surface area contributed by atoms with E-state index in [4.69, 9.17) is 9.47 Å². The summed E-state index contributed by atoms with van der Waals surface area (Å²) in [6.45, 7) is 4.02. The standard InChI is InChI=1S/C16H26N2O5/c1-2-22-15(20)6-5-14(19)17-12-7-9-18(10-8-12)16(21)13-4-3-11-23-13/h12-13H,2-11H2,1H3,(H,17,19). The first-order valence-corrected chi connectivity index (χ1v) is 8.45. The van der Waals surface area contributed by atoms with Gasteiger partial charge in [-0.1, -0.05) is 0 Å². The average Bonchev–Trinajstić information content (AvgIpc) is 3.08. The van der Waals surface area contributed by atoms with Crippen LogP contribution < -0.4 is 5.32 Å². The van der Waals surface area contributed by atoms with Crippen LogP contribution in [-0.4, -0.2) is 61.1 Å². The fourth-order valence-corrected chi connectivity index (χ4v) is 2.97. The molecule has 7 heteroatoms. The first-order chi connectivity index (χ1) is 11.1. The molecule has 0 spiro atoms. The lowest BCUT2D eigenvalue weighted by atomic mass is 10.0. The van der Waals surface area contributed by atoms with Gasteiger partial charge in [0, 0.05) is 32.2 Å². The number of hydrogen-bond acceptors (Lipinski definition) is 5. The van der Waals surface area contributed by atoms with Gasteiger partial charge in [-0.05, 0) is 32.6 Å². The number of likely N-dealkylation sites (tertiary alicyclic amines) is 1. The quantitative estimate of drug-likeness (QED) is 0.723. The summed E-state index contributed by atoms with van der Waals surface area (Å²) in [5.41, 5.74) is 0. The highest BCUT2D eigenvalue weighted by atomic mass is 16.5. The lowest BCUT2D eigenvalue weighted by molar-refractivity contribution is -0.145. The van der Waals surface area contributed by atoms with Crippen LogP contribution in [-0.2, 0) is 23.9 Å². The van der Waals surface area contributed by atoms with Crippen molar-refractivity contribution in [3.63, 3.8) is 0 Å². The van der Waals surface area contributed by atoms with Crippen LogP contribution in [0.3, 0.4) is 0 Å². The van der Waals surface area contributed by atoms with Crippen LogP contribution in [0, 0.1) is 0 Å². The first-order valence-electron chi connectivity index (χ1n) is 8.45. The van der Waals surface area contributed by atoms with E-state index in [2.05, 4.69) is 5.32 Å². The molecule has 2 saturated heterocycles. The second-order valence-electron chi connectivity index (χ2n) is 5.97. The van der Waals surface area contributed by atoms with E-state index in [0.717, 1.165) is 25.7 Å². The number of nitrogens with zero attached hydrogens (tertiary/aromatic N) is 1. The lowest BCUT2D eigenvalue weighted by Gasteiger charge is -2.33. The summed E-state index contributed by atoms with van der Waals surface area (Å²) < 4.78 is 10.2. The van der Waals surface area contributed by atoms with Crippen LogP contribution in [0.4, 0.5) is 0 Å². The van der Waals surface area contributed by atoms with E-state index in [1.54, 1.807) is 6.92 Å². The van der Waals surface area contributed by atoms with E-state index in [-0.39, 0.29) is 42.8 Å². The molecule has 0 aromatic rings. The van der Waals surface area contributed by atoms with Gasteiger partial charge in [-0.15, -0.1) is 0 Å². The van der Waals surface area contributed by atoms with Gasteiger partial charge in [0.15, 0.2) is 0 Å². The summed E-state index contributed by atoms with van der Waals surface area (Å²) in [7, 11) is 0. The van der Waals surface area contributed by atoms with Crippen molar-refractivity contribution in [3.05, 3.63) is 0 Å². The van der Waals surface area contributed by atoms with E-state index >= 15 is 0 Å². The maximum absolute atomic E-state index is 12.2. The number of piperidine rings is 1. The highest BCUT2D eigenvalue weighted by molar-refractivity contribution is 5.82. The summed E-state index contributed by atoms with van der Waals surface area (Å²) in [5, 5.41) is 2.93. The molecule has 7 nitrogen and oxygen atoms in total. The SMILES string of the molecule is CCOC(=O)CCC(=O)NC1CCN(C(=O)C2CCCO2)CC1. The molecule has 2 rings (SSSR count). The molecule has 2 aliphatic rings. The number of amides is 2. The van der Waals surface area contributed by atoms with Crippen molar-refractivity contribution in [1.29, 1.82) is 0 Å². The Morgan fingerprint density at radius 3 is 2.52 bits per heavy atom. The summed E-state index contributed by atoms with van der Waals surface area (Å²) in [5.74, 6) is -0.406. The Morgan fingerprint density at radius 2 is 1.91 bits per heavy atom. The number of carbonyl (C=O) groups is 3. The fourth-order valence-electron chi connectivity index (χ4n) is 2.97. The van der Waals surface area contributed by atoms with Gasteiger partial charge in [0.05, 0.1) is 13.0 Å². The number of nitrogens with one attached hydrogen (secondary N) is 1. The largest absolute Gasteiger partial charge is 0.466 e. The van der Waals surface area contributed by atoms with Gasteiger partial charge in [-0.2, -0.15) is 0 Å². The van der Waals surface area contributed by atoms with Crippen molar-refractivity contribution in [2.75, 3.05) is 26.3 Å². The zero-order valence-corrected chi connectivity index (χ0v) is 13.7. The molecular formula is C16H26N2O5. The van der Waals surface area contributed by atoms with Crippen molar-refractivity contribution < 1.29 is 23.9 Å². The number of hydrogen-bond donors (Lipinski definition) is 1. The van der Waals surface area contributed by atoms with Gasteiger partial charge < -0.3 is 19.7 Å². The zero-order chi connectivity index (χ0) is 16.7. The summed E-state index contributed by atoms with van der Waals surface area (Å²) >= 11 is 0. The number of ether oxygens (including phenoxy) is 2. The smallest absolute Gasteiger partial charge is 0.306 e. The van der Waals surface area contributed by atoms with E-state index in [1.165, 1.54) is 0 Å². The third-order valence-corrected chi connectivity index (χ3v) is 4.24. The van der Waals surface area contributed by atoms with Gasteiger partial charge in [0.25, 0.3) is 5.91 Å². The maximum Gasteiger partial charge on any atom is 0.306 e. The lowest BCUT2D eigenvalue weighted by Crippen LogP contribution is -2.49. The van der Waals surface area contributed by atoms with Gasteiger partial charge in [-0.3, -0.25) is 14.4 Å². The van der Waals surface area contributed by atoms with Crippen molar-refractivity contribution in [3.8, 4) is 0 Å². The molecule has 2 heterocycles. The molecule has 2 amide bonds. The van der Waals surface area contributed by atoms with Crippen molar-refractivity contribution in [2.24, 2.45) is 0 Å². The highest BCUT2D eigenvalue weighted by Gasteiger charge is 2.31. The third kappa shape index (κ3) is 5.49. The van der Waals surface area contributed by atoms with Gasteiger partial charge in [0.1, 0.15) is 6.10 Å². The normalized spacial score (nSPS) is 22.0. The molecule has 1 unspecified atom stereocenters. The second kappa shape index (κ2) is 8.86. The molecule has 1 N–H and O–H groups in total. The predicted molar refractivity (Wildman–Crippen MR) is 82.6 cm³/mol. The second-order valence-corrected chi connectivity index (χ2v) is 5.97. The van der Waals surface area contributed by atoms with Gasteiger partial charge >= 0.3 is 5.97 Å². The Bertz CT molecular complexity index is 426. The van der Waals surface area contributed by atoms with E-state index in [9.17, 15) is 14.4 Å². The Hall–Kier alpha value is -1.63.